The lowest BCUT2D eigenvalue weighted by atomic mass is 10.2. The van der Waals surface area contributed by atoms with E-state index in [1.807, 2.05) is 36.0 Å². The first kappa shape index (κ1) is 12.5. The van der Waals surface area contributed by atoms with Crippen LogP contribution in [-0.4, -0.2) is 37.4 Å². The lowest BCUT2D eigenvalue weighted by Gasteiger charge is -2.10. The Balaban J connectivity index is 1.90. The number of imidazole rings is 1. The van der Waals surface area contributed by atoms with Gasteiger partial charge in [-0.25, -0.2) is 14.6 Å². The van der Waals surface area contributed by atoms with Crippen LogP contribution in [0.1, 0.15) is 24.0 Å². The van der Waals surface area contributed by atoms with Crippen LogP contribution in [0, 0.1) is 13.8 Å². The molecule has 3 aromatic rings. The van der Waals surface area contributed by atoms with Crippen LogP contribution in [0.5, 0.6) is 0 Å². The van der Waals surface area contributed by atoms with Crippen molar-refractivity contribution in [3.8, 4) is 11.5 Å². The molecule has 1 atom stereocenters. The minimum absolute atomic E-state index is 0.255. The smallest absolute Gasteiger partial charge is 0.179 e. The fourth-order valence-corrected chi connectivity index (χ4v) is 2.89. The van der Waals surface area contributed by atoms with Crippen molar-refractivity contribution in [1.29, 1.82) is 0 Å². The molecule has 0 aromatic carbocycles. The molecule has 21 heavy (non-hydrogen) atoms. The van der Waals surface area contributed by atoms with E-state index in [1.165, 1.54) is 0 Å². The van der Waals surface area contributed by atoms with Crippen molar-refractivity contribution in [2.45, 2.75) is 26.3 Å². The molecule has 0 N–H and O–H groups in total. The van der Waals surface area contributed by atoms with Crippen molar-refractivity contribution in [1.82, 2.24) is 24.1 Å². The van der Waals surface area contributed by atoms with Gasteiger partial charge in [0.1, 0.15) is 17.2 Å². The Kier molecular flexibility index (Phi) is 2.78. The molecule has 1 aliphatic rings. The Hall–Kier alpha value is -2.21. The van der Waals surface area contributed by atoms with Gasteiger partial charge in [0.25, 0.3) is 0 Å². The number of nitrogens with zero attached hydrogens (tertiary/aromatic N) is 5. The summed E-state index contributed by atoms with van der Waals surface area (Å²) in [4.78, 5) is 9.33. The van der Waals surface area contributed by atoms with Crippen LogP contribution in [0.25, 0.3) is 17.2 Å². The van der Waals surface area contributed by atoms with E-state index in [2.05, 4.69) is 21.4 Å². The minimum Gasteiger partial charge on any atom is -0.379 e. The summed E-state index contributed by atoms with van der Waals surface area (Å²) < 4.78 is 9.55. The van der Waals surface area contributed by atoms with Crippen molar-refractivity contribution in [3.05, 3.63) is 35.9 Å². The maximum absolute atomic E-state index is 5.49. The van der Waals surface area contributed by atoms with Crippen molar-refractivity contribution in [3.63, 3.8) is 0 Å². The third-order valence-electron chi connectivity index (χ3n) is 3.97. The first-order valence-corrected chi connectivity index (χ1v) is 7.19. The predicted molar refractivity (Wildman–Crippen MR) is 78.2 cm³/mol. The standard InChI is InChI=1S/C15H17N5O/c1-10-14(17-13-5-3-4-7-19(10)13)15-16-11(2)18-20(15)12-6-8-21-9-12/h3-5,7,12H,6,8-9H2,1-2H3. The molecule has 1 saturated heterocycles. The van der Waals surface area contributed by atoms with E-state index < -0.39 is 0 Å². The first-order chi connectivity index (χ1) is 10.2. The van der Waals surface area contributed by atoms with Gasteiger partial charge < -0.3 is 9.14 Å². The number of pyridine rings is 1. The Morgan fingerprint density at radius 3 is 2.90 bits per heavy atom. The zero-order valence-corrected chi connectivity index (χ0v) is 12.2. The van der Waals surface area contributed by atoms with Crippen molar-refractivity contribution in [2.24, 2.45) is 0 Å². The molecule has 0 spiro atoms. The van der Waals surface area contributed by atoms with E-state index in [4.69, 9.17) is 9.72 Å². The molecule has 3 aromatic heterocycles. The maximum atomic E-state index is 5.49. The van der Waals surface area contributed by atoms with Crippen LogP contribution < -0.4 is 0 Å². The molecule has 0 amide bonds. The maximum Gasteiger partial charge on any atom is 0.179 e. The van der Waals surface area contributed by atoms with Gasteiger partial charge in [-0.2, -0.15) is 5.10 Å². The lowest BCUT2D eigenvalue weighted by Crippen LogP contribution is -2.12. The Morgan fingerprint density at radius 2 is 2.14 bits per heavy atom. The summed E-state index contributed by atoms with van der Waals surface area (Å²) in [5, 5.41) is 4.56. The Labute approximate surface area is 122 Å². The van der Waals surface area contributed by atoms with Crippen LogP contribution >= 0.6 is 0 Å². The quantitative estimate of drug-likeness (QED) is 0.723. The first-order valence-electron chi connectivity index (χ1n) is 7.19. The zero-order valence-electron chi connectivity index (χ0n) is 12.2. The topological polar surface area (TPSA) is 57.2 Å². The molecule has 6 nitrogen and oxygen atoms in total. The number of hydrogen-bond acceptors (Lipinski definition) is 4. The van der Waals surface area contributed by atoms with Gasteiger partial charge in [-0.15, -0.1) is 0 Å². The number of hydrogen-bond donors (Lipinski definition) is 0. The fraction of sp³-hybridized carbons (Fsp3) is 0.400. The molecule has 1 aliphatic heterocycles. The molecule has 108 valence electrons. The van der Waals surface area contributed by atoms with E-state index in [-0.39, 0.29) is 6.04 Å². The number of aromatic nitrogens is 5. The Bertz CT molecular complexity index is 798. The SMILES string of the molecule is Cc1nc(-c2nc3ccccn3c2C)n(C2CCOC2)n1. The van der Waals surface area contributed by atoms with Gasteiger partial charge in [0.05, 0.1) is 18.3 Å². The highest BCUT2D eigenvalue weighted by Crippen LogP contribution is 2.27. The summed E-state index contributed by atoms with van der Waals surface area (Å²) in [7, 11) is 0. The van der Waals surface area contributed by atoms with E-state index in [0.717, 1.165) is 41.7 Å². The van der Waals surface area contributed by atoms with E-state index in [0.29, 0.717) is 6.61 Å². The predicted octanol–water partition coefficient (Wildman–Crippen LogP) is 2.17. The minimum atomic E-state index is 0.255. The third kappa shape index (κ3) is 1.94. The molecular weight excluding hydrogens is 266 g/mol. The third-order valence-corrected chi connectivity index (χ3v) is 3.97. The average molecular weight is 283 g/mol. The lowest BCUT2D eigenvalue weighted by molar-refractivity contribution is 0.184. The van der Waals surface area contributed by atoms with Crippen molar-refractivity contribution >= 4 is 5.65 Å². The summed E-state index contributed by atoms with van der Waals surface area (Å²) in [6, 6.07) is 6.26. The largest absolute Gasteiger partial charge is 0.379 e. The molecule has 0 bridgehead atoms. The van der Waals surface area contributed by atoms with E-state index >= 15 is 0 Å². The van der Waals surface area contributed by atoms with Gasteiger partial charge in [0.15, 0.2) is 5.82 Å². The van der Waals surface area contributed by atoms with Crippen LogP contribution in [-0.2, 0) is 4.74 Å². The fourth-order valence-electron chi connectivity index (χ4n) is 2.89. The molecule has 0 radical (unpaired) electrons. The molecule has 4 rings (SSSR count). The van der Waals surface area contributed by atoms with Crippen molar-refractivity contribution < 1.29 is 4.74 Å². The number of fused-ring (bicyclic) bond motifs is 1. The molecule has 6 heteroatoms. The Morgan fingerprint density at radius 1 is 1.24 bits per heavy atom. The molecular formula is C15H17N5O. The second kappa shape index (κ2) is 4.66. The summed E-state index contributed by atoms with van der Waals surface area (Å²) in [5.41, 5.74) is 2.91. The monoisotopic (exact) mass is 283 g/mol. The molecule has 0 aliphatic carbocycles. The normalized spacial score (nSPS) is 18.7. The molecule has 1 fully saturated rings. The average Bonchev–Trinajstić information content (AvgIpc) is 3.18. The molecule has 1 unspecified atom stereocenters. The second-order valence-corrected chi connectivity index (χ2v) is 5.42. The van der Waals surface area contributed by atoms with E-state index in [9.17, 15) is 0 Å². The van der Waals surface area contributed by atoms with Crippen LogP contribution in [0.15, 0.2) is 24.4 Å². The van der Waals surface area contributed by atoms with Gasteiger partial charge in [0.2, 0.25) is 0 Å². The van der Waals surface area contributed by atoms with Gasteiger partial charge in [-0.1, -0.05) is 6.07 Å². The van der Waals surface area contributed by atoms with Crippen LogP contribution in [0.2, 0.25) is 0 Å². The van der Waals surface area contributed by atoms with Crippen LogP contribution in [0.4, 0.5) is 0 Å². The second-order valence-electron chi connectivity index (χ2n) is 5.42. The summed E-state index contributed by atoms with van der Waals surface area (Å²) >= 11 is 0. The van der Waals surface area contributed by atoms with Gasteiger partial charge >= 0.3 is 0 Å². The highest BCUT2D eigenvalue weighted by atomic mass is 16.5. The van der Waals surface area contributed by atoms with Crippen molar-refractivity contribution in [2.75, 3.05) is 13.2 Å². The van der Waals surface area contributed by atoms with E-state index in [1.54, 1.807) is 0 Å². The van der Waals surface area contributed by atoms with Gasteiger partial charge in [-0.05, 0) is 32.4 Å². The highest BCUT2D eigenvalue weighted by Gasteiger charge is 2.25. The molecule has 4 heterocycles. The van der Waals surface area contributed by atoms with Crippen LogP contribution in [0.3, 0.4) is 0 Å². The number of aryl methyl sites for hydroxylation is 2. The summed E-state index contributed by atoms with van der Waals surface area (Å²) in [5.74, 6) is 1.61. The van der Waals surface area contributed by atoms with Gasteiger partial charge in [-0.3, -0.25) is 0 Å². The summed E-state index contributed by atoms with van der Waals surface area (Å²) in [6.45, 7) is 5.46. The molecule has 0 saturated carbocycles. The highest BCUT2D eigenvalue weighted by molar-refractivity contribution is 5.60. The zero-order chi connectivity index (χ0) is 14.4. The summed E-state index contributed by atoms with van der Waals surface area (Å²) in [6.07, 6.45) is 3.00. The number of rotatable bonds is 2. The number of ether oxygens (including phenoxy) is 1. The van der Waals surface area contributed by atoms with Gasteiger partial charge in [0, 0.05) is 12.8 Å².